The average molecular weight is 243 g/mol. The van der Waals surface area contributed by atoms with Crippen LogP contribution in [0.1, 0.15) is 24.2 Å². The molecular formula is C15H17NO2. The van der Waals surface area contributed by atoms with E-state index in [9.17, 15) is 5.11 Å². The molecular weight excluding hydrogens is 226 g/mol. The molecule has 94 valence electrons. The highest BCUT2D eigenvalue weighted by Gasteiger charge is 2.10. The summed E-state index contributed by atoms with van der Waals surface area (Å²) < 4.78 is 5.85. The summed E-state index contributed by atoms with van der Waals surface area (Å²) in [6, 6.07) is 15.1. The monoisotopic (exact) mass is 243 g/mol. The molecule has 0 radical (unpaired) electrons. The van der Waals surface area contributed by atoms with Crippen molar-refractivity contribution in [1.82, 2.24) is 0 Å². The van der Waals surface area contributed by atoms with E-state index in [1.165, 1.54) is 0 Å². The fraction of sp³-hybridized carbons (Fsp3) is 0.200. The van der Waals surface area contributed by atoms with Crippen molar-refractivity contribution in [1.29, 1.82) is 0 Å². The van der Waals surface area contributed by atoms with Crippen molar-refractivity contribution in [3.63, 3.8) is 0 Å². The van der Waals surface area contributed by atoms with Gasteiger partial charge in [-0.3, -0.25) is 0 Å². The Hall–Kier alpha value is -1.84. The van der Waals surface area contributed by atoms with Crippen molar-refractivity contribution in [2.75, 3.05) is 0 Å². The molecule has 0 aliphatic heterocycles. The zero-order chi connectivity index (χ0) is 13.0. The average Bonchev–Trinajstić information content (AvgIpc) is 2.40. The van der Waals surface area contributed by atoms with Crippen LogP contribution in [0.3, 0.4) is 0 Å². The molecule has 2 aromatic carbocycles. The molecule has 0 bridgehead atoms. The number of rotatable bonds is 4. The second-order valence-corrected chi connectivity index (χ2v) is 4.13. The predicted octanol–water partition coefficient (Wildman–Crippen LogP) is 2.99. The second kappa shape index (κ2) is 5.67. The fourth-order valence-corrected chi connectivity index (χ4v) is 1.81. The Bertz CT molecular complexity index is 523. The Labute approximate surface area is 107 Å². The van der Waals surface area contributed by atoms with Crippen molar-refractivity contribution in [3.05, 3.63) is 59.7 Å². The maximum atomic E-state index is 9.70. The van der Waals surface area contributed by atoms with Gasteiger partial charge in [-0.05, 0) is 19.1 Å². The largest absolute Gasteiger partial charge is 0.457 e. The number of ether oxygens (including phenoxy) is 1. The minimum absolute atomic E-state index is 0.424. The maximum Gasteiger partial charge on any atom is 0.133 e. The molecule has 2 aromatic rings. The minimum Gasteiger partial charge on any atom is -0.457 e. The van der Waals surface area contributed by atoms with Crippen LogP contribution in [0.5, 0.6) is 11.5 Å². The maximum absolute atomic E-state index is 9.70. The van der Waals surface area contributed by atoms with Crippen molar-refractivity contribution in [2.45, 2.75) is 19.6 Å². The van der Waals surface area contributed by atoms with E-state index in [1.807, 2.05) is 48.5 Å². The molecule has 0 amide bonds. The van der Waals surface area contributed by atoms with Crippen LogP contribution in [-0.4, -0.2) is 5.11 Å². The van der Waals surface area contributed by atoms with Gasteiger partial charge in [0, 0.05) is 17.7 Å². The zero-order valence-electron chi connectivity index (χ0n) is 10.3. The van der Waals surface area contributed by atoms with Gasteiger partial charge in [0.05, 0.1) is 6.10 Å². The first-order valence-electron chi connectivity index (χ1n) is 5.95. The molecule has 2 rings (SSSR count). The summed E-state index contributed by atoms with van der Waals surface area (Å²) in [7, 11) is 0. The molecule has 0 aliphatic carbocycles. The third-order valence-corrected chi connectivity index (χ3v) is 2.78. The molecule has 0 aliphatic rings. The Morgan fingerprint density at radius 3 is 2.33 bits per heavy atom. The summed E-state index contributed by atoms with van der Waals surface area (Å²) in [6.45, 7) is 2.14. The Morgan fingerprint density at radius 2 is 1.67 bits per heavy atom. The molecule has 1 atom stereocenters. The van der Waals surface area contributed by atoms with Gasteiger partial charge in [-0.25, -0.2) is 0 Å². The first-order valence-corrected chi connectivity index (χ1v) is 5.95. The lowest BCUT2D eigenvalue weighted by Gasteiger charge is -2.14. The molecule has 0 aromatic heterocycles. The number of hydrogen-bond donors (Lipinski definition) is 2. The van der Waals surface area contributed by atoms with Crippen LogP contribution in [0.25, 0.3) is 0 Å². The number of benzene rings is 2. The van der Waals surface area contributed by atoms with Gasteiger partial charge >= 0.3 is 0 Å². The van der Waals surface area contributed by atoms with Crippen LogP contribution >= 0.6 is 0 Å². The molecule has 18 heavy (non-hydrogen) atoms. The van der Waals surface area contributed by atoms with Crippen LogP contribution in [0, 0.1) is 0 Å². The van der Waals surface area contributed by atoms with E-state index < -0.39 is 6.10 Å². The highest BCUT2D eigenvalue weighted by molar-refractivity contribution is 5.42. The van der Waals surface area contributed by atoms with Gasteiger partial charge in [0.2, 0.25) is 0 Å². The highest BCUT2D eigenvalue weighted by atomic mass is 16.5. The molecule has 3 N–H and O–H groups in total. The third kappa shape index (κ3) is 2.70. The molecule has 3 nitrogen and oxygen atoms in total. The Balaban J connectivity index is 2.34. The van der Waals surface area contributed by atoms with E-state index >= 15 is 0 Å². The zero-order valence-corrected chi connectivity index (χ0v) is 10.3. The lowest BCUT2D eigenvalue weighted by Crippen LogP contribution is -2.01. The van der Waals surface area contributed by atoms with Crippen molar-refractivity contribution < 1.29 is 9.84 Å². The van der Waals surface area contributed by atoms with Gasteiger partial charge < -0.3 is 15.6 Å². The van der Waals surface area contributed by atoms with Crippen molar-refractivity contribution in [2.24, 2.45) is 5.73 Å². The first kappa shape index (κ1) is 12.6. The smallest absolute Gasteiger partial charge is 0.133 e. The topological polar surface area (TPSA) is 55.5 Å². The van der Waals surface area contributed by atoms with Gasteiger partial charge in [-0.15, -0.1) is 0 Å². The molecule has 1 unspecified atom stereocenters. The number of aliphatic hydroxyl groups is 1. The third-order valence-electron chi connectivity index (χ3n) is 2.78. The molecule has 3 heteroatoms. The van der Waals surface area contributed by atoms with E-state index in [1.54, 1.807) is 6.92 Å². The molecule has 0 saturated heterocycles. The standard InChI is InChI=1S/C15H17NO2/c1-11(17)13-7-3-5-9-15(13)18-14-8-4-2-6-12(14)10-16/h2-9,11,17H,10,16H2,1H3. The summed E-state index contributed by atoms with van der Waals surface area (Å²) in [6.07, 6.45) is -0.564. The van der Waals surface area contributed by atoms with Crippen LogP contribution in [-0.2, 0) is 6.54 Å². The van der Waals surface area contributed by atoms with Crippen LogP contribution in [0.4, 0.5) is 0 Å². The van der Waals surface area contributed by atoms with E-state index in [4.69, 9.17) is 10.5 Å². The van der Waals surface area contributed by atoms with E-state index in [0.29, 0.717) is 12.3 Å². The molecule has 0 saturated carbocycles. The number of aliphatic hydroxyl groups excluding tert-OH is 1. The summed E-state index contributed by atoms with van der Waals surface area (Å²) in [5, 5.41) is 9.70. The van der Waals surface area contributed by atoms with E-state index in [-0.39, 0.29) is 0 Å². The molecule has 0 spiro atoms. The first-order chi connectivity index (χ1) is 8.72. The Kier molecular flexibility index (Phi) is 3.97. The molecule has 0 heterocycles. The lowest BCUT2D eigenvalue weighted by atomic mass is 10.1. The predicted molar refractivity (Wildman–Crippen MR) is 71.5 cm³/mol. The second-order valence-electron chi connectivity index (χ2n) is 4.13. The normalized spacial score (nSPS) is 12.2. The quantitative estimate of drug-likeness (QED) is 0.868. The summed E-state index contributed by atoms with van der Waals surface area (Å²) in [5.41, 5.74) is 7.38. The highest BCUT2D eigenvalue weighted by Crippen LogP contribution is 2.30. The van der Waals surface area contributed by atoms with Gasteiger partial charge in [-0.2, -0.15) is 0 Å². The van der Waals surface area contributed by atoms with E-state index in [2.05, 4.69) is 0 Å². The van der Waals surface area contributed by atoms with Crippen molar-refractivity contribution in [3.8, 4) is 11.5 Å². The fourth-order valence-electron chi connectivity index (χ4n) is 1.81. The van der Waals surface area contributed by atoms with Crippen LogP contribution in [0.2, 0.25) is 0 Å². The van der Waals surface area contributed by atoms with Gasteiger partial charge in [0.1, 0.15) is 11.5 Å². The Morgan fingerprint density at radius 1 is 1.06 bits per heavy atom. The minimum atomic E-state index is -0.564. The number of hydrogen-bond acceptors (Lipinski definition) is 3. The van der Waals surface area contributed by atoms with Gasteiger partial charge in [-0.1, -0.05) is 36.4 Å². The van der Waals surface area contributed by atoms with Gasteiger partial charge in [0.15, 0.2) is 0 Å². The SMILES string of the molecule is CC(O)c1ccccc1Oc1ccccc1CN. The molecule has 0 fully saturated rings. The van der Waals surface area contributed by atoms with Crippen molar-refractivity contribution >= 4 is 0 Å². The number of nitrogens with two attached hydrogens (primary N) is 1. The van der Waals surface area contributed by atoms with Gasteiger partial charge in [0.25, 0.3) is 0 Å². The van der Waals surface area contributed by atoms with Crippen LogP contribution < -0.4 is 10.5 Å². The lowest BCUT2D eigenvalue weighted by molar-refractivity contribution is 0.195. The summed E-state index contributed by atoms with van der Waals surface area (Å²) in [5.74, 6) is 1.39. The number of para-hydroxylation sites is 2. The van der Waals surface area contributed by atoms with Crippen LogP contribution in [0.15, 0.2) is 48.5 Å². The van der Waals surface area contributed by atoms with E-state index in [0.717, 1.165) is 16.9 Å². The summed E-state index contributed by atoms with van der Waals surface area (Å²) >= 11 is 0. The summed E-state index contributed by atoms with van der Waals surface area (Å²) in [4.78, 5) is 0.